The fraction of sp³-hybridized carbons (Fsp3) is 0.211. The summed E-state index contributed by atoms with van der Waals surface area (Å²) in [5, 5.41) is 0. The Morgan fingerprint density at radius 3 is 2.18 bits per heavy atom. The van der Waals surface area contributed by atoms with Gasteiger partial charge in [-0.25, -0.2) is 12.8 Å². The van der Waals surface area contributed by atoms with Crippen molar-refractivity contribution in [1.82, 2.24) is 9.21 Å². The number of carbonyl (C=O) groups is 1. The zero-order valence-corrected chi connectivity index (χ0v) is 18.7. The maximum atomic E-state index is 13.8. The van der Waals surface area contributed by atoms with Crippen LogP contribution in [-0.4, -0.2) is 49.7 Å². The smallest absolute Gasteiger partial charge is 0.246 e. The van der Waals surface area contributed by atoms with Crippen LogP contribution in [0, 0.1) is 5.82 Å². The van der Waals surface area contributed by atoms with Gasteiger partial charge in [-0.3, -0.25) is 4.79 Å². The van der Waals surface area contributed by atoms with Gasteiger partial charge in [0.15, 0.2) is 0 Å². The highest BCUT2D eigenvalue weighted by atomic mass is 79.9. The van der Waals surface area contributed by atoms with Gasteiger partial charge in [0.1, 0.15) is 5.82 Å². The second-order valence-corrected chi connectivity index (χ2v) is 9.95. The Hall–Kier alpha value is -1.55. The predicted octanol–water partition coefficient (Wildman–Crippen LogP) is 3.90. The summed E-state index contributed by atoms with van der Waals surface area (Å²) in [4.78, 5) is 14.1. The van der Waals surface area contributed by atoms with E-state index in [9.17, 15) is 17.6 Å². The van der Waals surface area contributed by atoms with Gasteiger partial charge in [0.05, 0.1) is 4.90 Å². The molecule has 0 atom stereocenters. The third-order valence-electron chi connectivity index (χ3n) is 4.37. The van der Waals surface area contributed by atoms with Crippen molar-refractivity contribution in [2.75, 3.05) is 26.2 Å². The van der Waals surface area contributed by atoms with Gasteiger partial charge in [-0.15, -0.1) is 0 Å². The van der Waals surface area contributed by atoms with Crippen LogP contribution in [0.15, 0.2) is 62.4 Å². The highest BCUT2D eigenvalue weighted by molar-refractivity contribution is 9.10. The number of benzene rings is 2. The summed E-state index contributed by atoms with van der Waals surface area (Å²) in [7, 11) is -3.59. The van der Waals surface area contributed by atoms with E-state index in [0.717, 1.165) is 4.47 Å². The molecule has 0 saturated carbocycles. The Labute approximate surface area is 180 Å². The van der Waals surface area contributed by atoms with Crippen molar-refractivity contribution < 1.29 is 17.6 Å². The minimum Gasteiger partial charge on any atom is -0.337 e. The van der Waals surface area contributed by atoms with Crippen LogP contribution in [0.25, 0.3) is 6.08 Å². The number of nitrogens with zero attached hydrogens (tertiary/aromatic N) is 2. The lowest BCUT2D eigenvalue weighted by Crippen LogP contribution is -2.50. The largest absolute Gasteiger partial charge is 0.337 e. The first-order valence-electron chi connectivity index (χ1n) is 8.45. The SMILES string of the molecule is O=C(C=Cc1ccc(Br)cc1F)N1CCN(S(=O)(=O)c2ccc(Br)cc2)CC1. The molecule has 0 spiro atoms. The Balaban J connectivity index is 1.62. The monoisotopic (exact) mass is 530 g/mol. The first kappa shape index (κ1) is 21.2. The summed E-state index contributed by atoms with van der Waals surface area (Å²) in [6.45, 7) is 0.985. The molecule has 0 bridgehead atoms. The van der Waals surface area contributed by atoms with Crippen molar-refractivity contribution in [3.8, 4) is 0 Å². The summed E-state index contributed by atoms with van der Waals surface area (Å²) >= 11 is 6.47. The number of halogens is 3. The van der Waals surface area contributed by atoms with E-state index in [-0.39, 0.29) is 37.0 Å². The standard InChI is InChI=1S/C19H17Br2FN2O3S/c20-15-4-6-17(7-5-15)28(26,27)24-11-9-23(10-12-24)19(25)8-2-14-1-3-16(21)13-18(14)22/h1-8,13H,9-12H2. The molecule has 1 saturated heterocycles. The second-order valence-electron chi connectivity index (χ2n) is 6.18. The van der Waals surface area contributed by atoms with E-state index in [1.165, 1.54) is 22.5 Å². The van der Waals surface area contributed by atoms with Gasteiger partial charge >= 0.3 is 0 Å². The van der Waals surface area contributed by atoms with Gasteiger partial charge in [0.25, 0.3) is 0 Å². The maximum absolute atomic E-state index is 13.8. The lowest BCUT2D eigenvalue weighted by Gasteiger charge is -2.33. The van der Waals surface area contributed by atoms with Gasteiger partial charge in [-0.2, -0.15) is 4.31 Å². The molecule has 0 aromatic heterocycles. The van der Waals surface area contributed by atoms with Gasteiger partial charge in [0, 0.05) is 46.8 Å². The van der Waals surface area contributed by atoms with Crippen LogP contribution >= 0.6 is 31.9 Å². The number of sulfonamides is 1. The minimum atomic E-state index is -3.59. The van der Waals surface area contributed by atoms with Crippen LogP contribution in [0.2, 0.25) is 0 Å². The van der Waals surface area contributed by atoms with E-state index in [1.807, 2.05) is 0 Å². The summed E-state index contributed by atoms with van der Waals surface area (Å²) in [6, 6.07) is 11.1. The summed E-state index contributed by atoms with van der Waals surface area (Å²) in [5.41, 5.74) is 0.313. The molecule has 2 aromatic carbocycles. The van der Waals surface area contributed by atoms with Crippen molar-refractivity contribution in [3.05, 3.63) is 68.9 Å². The number of piperazine rings is 1. The normalized spacial score (nSPS) is 15.9. The van der Waals surface area contributed by atoms with Crippen molar-refractivity contribution in [2.45, 2.75) is 4.90 Å². The molecule has 1 aliphatic heterocycles. The average molecular weight is 532 g/mol. The molecule has 3 rings (SSSR count). The van der Waals surface area contributed by atoms with Crippen LogP contribution in [0.3, 0.4) is 0 Å². The van der Waals surface area contributed by atoms with Crippen LogP contribution in [0.4, 0.5) is 4.39 Å². The molecule has 1 amide bonds. The van der Waals surface area contributed by atoms with Crippen molar-refractivity contribution >= 4 is 53.9 Å². The third kappa shape index (κ3) is 4.89. The molecule has 0 N–H and O–H groups in total. The van der Waals surface area contributed by atoms with Gasteiger partial charge in [-0.1, -0.05) is 37.9 Å². The van der Waals surface area contributed by atoms with Gasteiger partial charge in [0.2, 0.25) is 15.9 Å². The molecule has 148 valence electrons. The zero-order chi connectivity index (χ0) is 20.3. The molecule has 0 unspecified atom stereocenters. The lowest BCUT2D eigenvalue weighted by atomic mass is 10.2. The molecule has 1 aliphatic rings. The highest BCUT2D eigenvalue weighted by Crippen LogP contribution is 2.20. The molecule has 1 heterocycles. The van der Waals surface area contributed by atoms with Crippen molar-refractivity contribution in [1.29, 1.82) is 0 Å². The summed E-state index contributed by atoms with van der Waals surface area (Å²) in [6.07, 6.45) is 2.74. The molecule has 0 radical (unpaired) electrons. The molecule has 2 aromatic rings. The lowest BCUT2D eigenvalue weighted by molar-refractivity contribution is -0.127. The van der Waals surface area contributed by atoms with E-state index in [4.69, 9.17) is 0 Å². The molecule has 5 nitrogen and oxygen atoms in total. The molecule has 1 fully saturated rings. The Kier molecular flexibility index (Phi) is 6.69. The topological polar surface area (TPSA) is 57.7 Å². The molecule has 28 heavy (non-hydrogen) atoms. The zero-order valence-electron chi connectivity index (χ0n) is 14.7. The van der Waals surface area contributed by atoms with Crippen molar-refractivity contribution in [3.63, 3.8) is 0 Å². The van der Waals surface area contributed by atoms with Crippen LogP contribution in [0.1, 0.15) is 5.56 Å². The highest BCUT2D eigenvalue weighted by Gasteiger charge is 2.29. The maximum Gasteiger partial charge on any atom is 0.246 e. The fourth-order valence-electron chi connectivity index (χ4n) is 2.81. The molecule has 0 aliphatic carbocycles. The molecule has 9 heteroatoms. The number of amides is 1. The number of rotatable bonds is 4. The van der Waals surface area contributed by atoms with Gasteiger partial charge in [-0.05, 0) is 42.5 Å². The quantitative estimate of drug-likeness (QED) is 0.562. The first-order valence-corrected chi connectivity index (χ1v) is 11.5. The number of carbonyl (C=O) groups excluding carboxylic acids is 1. The van der Waals surface area contributed by atoms with E-state index < -0.39 is 15.8 Å². The first-order chi connectivity index (χ1) is 13.3. The Morgan fingerprint density at radius 2 is 1.57 bits per heavy atom. The third-order valence-corrected chi connectivity index (χ3v) is 7.30. The predicted molar refractivity (Wildman–Crippen MR) is 113 cm³/mol. The Morgan fingerprint density at radius 1 is 0.964 bits per heavy atom. The minimum absolute atomic E-state index is 0.213. The molecular formula is C19H17Br2FN2O3S. The summed E-state index contributed by atoms with van der Waals surface area (Å²) < 4.78 is 42.0. The fourth-order valence-corrected chi connectivity index (χ4v) is 4.83. The number of hydrogen-bond donors (Lipinski definition) is 0. The van der Waals surface area contributed by atoms with E-state index >= 15 is 0 Å². The van der Waals surface area contributed by atoms with E-state index in [1.54, 1.807) is 41.3 Å². The average Bonchev–Trinajstić information content (AvgIpc) is 2.67. The summed E-state index contributed by atoms with van der Waals surface area (Å²) in [5.74, 6) is -0.702. The van der Waals surface area contributed by atoms with Gasteiger partial charge < -0.3 is 4.90 Å². The van der Waals surface area contributed by atoms with Crippen LogP contribution < -0.4 is 0 Å². The van der Waals surface area contributed by atoms with Crippen LogP contribution in [-0.2, 0) is 14.8 Å². The second kappa shape index (κ2) is 8.86. The van der Waals surface area contributed by atoms with E-state index in [0.29, 0.717) is 10.0 Å². The van der Waals surface area contributed by atoms with E-state index in [2.05, 4.69) is 31.9 Å². The van der Waals surface area contributed by atoms with Crippen molar-refractivity contribution in [2.24, 2.45) is 0 Å². The Bertz CT molecular complexity index is 1000. The van der Waals surface area contributed by atoms with Crippen LogP contribution in [0.5, 0.6) is 0 Å². The number of hydrogen-bond acceptors (Lipinski definition) is 3. The molecular weight excluding hydrogens is 515 g/mol.